The molecular weight excluding hydrogens is 517 g/mol. The van der Waals surface area contributed by atoms with Crippen molar-refractivity contribution >= 4 is 46.5 Å². The fraction of sp³-hybridized carbons (Fsp3) is 0.208. The summed E-state index contributed by atoms with van der Waals surface area (Å²) >= 11 is 3.23. The molecule has 0 bridgehead atoms. The Morgan fingerprint density at radius 1 is 1.46 bits per heavy atom. The van der Waals surface area contributed by atoms with Crippen LogP contribution in [0.15, 0.2) is 69.1 Å². The number of nitrogens with two attached hydrogens (primary N) is 1. The van der Waals surface area contributed by atoms with E-state index in [-0.39, 0.29) is 24.2 Å². The van der Waals surface area contributed by atoms with Crippen LogP contribution in [0.2, 0.25) is 0 Å². The van der Waals surface area contributed by atoms with Gasteiger partial charge in [0, 0.05) is 17.6 Å². The monoisotopic (exact) mass is 543 g/mol. The number of hydrogen-bond donors (Lipinski definition) is 2. The van der Waals surface area contributed by atoms with Crippen LogP contribution in [0.1, 0.15) is 12.5 Å². The molecule has 0 aliphatic carbocycles. The Kier molecular flexibility index (Phi) is 13.2. The molecular formula is C24H27BrFN7O2. The minimum absolute atomic E-state index is 0.0780. The number of halogens is 2. The topological polar surface area (TPSA) is 118 Å². The Morgan fingerprint density at radius 2 is 2.20 bits per heavy atom. The number of carbonyl (C=O) groups is 1. The summed E-state index contributed by atoms with van der Waals surface area (Å²) in [5.41, 5.74) is 6.09. The van der Waals surface area contributed by atoms with Crippen LogP contribution in [0.4, 0.5) is 16.0 Å². The number of carbonyl (C=O) groups excluding carboxylic acids is 1. The molecule has 2 rings (SSSR count). The first-order valence-corrected chi connectivity index (χ1v) is 10.9. The average Bonchev–Trinajstić information content (AvgIpc) is 2.85. The molecule has 1 atom stereocenters. The lowest BCUT2D eigenvalue weighted by Gasteiger charge is -2.12. The number of amides is 1. The Hall–Kier alpha value is -3.88. The number of nitrogens with one attached hydrogen (secondary N) is 1. The van der Waals surface area contributed by atoms with Crippen LogP contribution in [0, 0.1) is 18.2 Å². The van der Waals surface area contributed by atoms with E-state index in [1.807, 2.05) is 13.0 Å². The standard InChI is InChI=1S/C15H14BrFN6O.C9H13NO/c1-18-8-21-23(2)14-7-13(19-9-20-14)22-15(24)5-10-3-4-11(17)6-12(10)16;1-4-8(10)6-7-9(5-2)11-3/h3-4,6-9H,1,5H2,2H3,(H,19,20,22,24);1,5-8H,10H2,2-3H3/b21-8-;7-6-,9-5+. The van der Waals surface area contributed by atoms with Crippen molar-refractivity contribution in [3.05, 3.63) is 70.4 Å². The third-order valence-electron chi connectivity index (χ3n) is 4.10. The van der Waals surface area contributed by atoms with Crippen molar-refractivity contribution in [2.24, 2.45) is 15.8 Å². The number of allylic oxidation sites excluding steroid dienone is 2. The number of anilines is 2. The predicted octanol–water partition coefficient (Wildman–Crippen LogP) is 3.69. The second-order valence-electron chi connectivity index (χ2n) is 6.61. The Bertz CT molecular complexity index is 1130. The van der Waals surface area contributed by atoms with E-state index < -0.39 is 0 Å². The number of benzene rings is 1. The van der Waals surface area contributed by atoms with Gasteiger partial charge in [0.1, 0.15) is 30.1 Å². The summed E-state index contributed by atoms with van der Waals surface area (Å²) in [4.78, 5) is 23.7. The predicted molar refractivity (Wildman–Crippen MR) is 142 cm³/mol. The fourth-order valence-electron chi connectivity index (χ4n) is 2.33. The van der Waals surface area contributed by atoms with Crippen molar-refractivity contribution in [2.75, 3.05) is 24.5 Å². The van der Waals surface area contributed by atoms with Crippen molar-refractivity contribution in [1.82, 2.24) is 9.97 Å². The molecule has 0 spiro atoms. The zero-order chi connectivity index (χ0) is 26.2. The van der Waals surface area contributed by atoms with E-state index in [2.05, 4.69) is 53.9 Å². The molecule has 1 heterocycles. The van der Waals surface area contributed by atoms with E-state index in [9.17, 15) is 9.18 Å². The van der Waals surface area contributed by atoms with E-state index in [0.717, 1.165) is 5.76 Å². The lowest BCUT2D eigenvalue weighted by Crippen LogP contribution is -2.17. The highest BCUT2D eigenvalue weighted by Crippen LogP contribution is 2.19. The smallest absolute Gasteiger partial charge is 0.229 e. The largest absolute Gasteiger partial charge is 0.497 e. The number of methoxy groups -OCH3 is 1. The quantitative estimate of drug-likeness (QED) is 0.124. The summed E-state index contributed by atoms with van der Waals surface area (Å²) in [6, 6.07) is 5.40. The van der Waals surface area contributed by atoms with Gasteiger partial charge in [-0.05, 0) is 43.5 Å². The minimum Gasteiger partial charge on any atom is -0.497 e. The molecule has 1 amide bonds. The van der Waals surface area contributed by atoms with Gasteiger partial charge >= 0.3 is 0 Å². The van der Waals surface area contributed by atoms with Crippen LogP contribution in [0.5, 0.6) is 0 Å². The molecule has 1 unspecified atom stereocenters. The molecule has 35 heavy (non-hydrogen) atoms. The zero-order valence-corrected chi connectivity index (χ0v) is 21.2. The van der Waals surface area contributed by atoms with Crippen molar-refractivity contribution in [1.29, 1.82) is 0 Å². The molecule has 184 valence electrons. The number of hydrogen-bond acceptors (Lipinski definition) is 7. The number of rotatable bonds is 9. The van der Waals surface area contributed by atoms with Crippen molar-refractivity contribution < 1.29 is 13.9 Å². The highest BCUT2D eigenvalue weighted by atomic mass is 79.9. The third kappa shape index (κ3) is 11.2. The third-order valence-corrected chi connectivity index (χ3v) is 4.84. The summed E-state index contributed by atoms with van der Waals surface area (Å²) in [7, 11) is 3.27. The number of ether oxygens (including phenoxy) is 1. The van der Waals surface area contributed by atoms with Crippen molar-refractivity contribution in [2.45, 2.75) is 19.4 Å². The van der Waals surface area contributed by atoms with E-state index in [0.29, 0.717) is 21.7 Å². The van der Waals surface area contributed by atoms with Gasteiger partial charge in [-0.3, -0.25) is 9.79 Å². The Balaban J connectivity index is 0.000000471. The summed E-state index contributed by atoms with van der Waals surface area (Å²) in [6.45, 7) is 5.17. The molecule has 0 saturated carbocycles. The summed E-state index contributed by atoms with van der Waals surface area (Å²) in [5, 5.41) is 8.08. The Labute approximate surface area is 212 Å². The van der Waals surface area contributed by atoms with Gasteiger partial charge in [-0.2, -0.15) is 5.10 Å². The number of terminal acetylenes is 1. The van der Waals surface area contributed by atoms with Crippen LogP contribution in [0.25, 0.3) is 0 Å². The second-order valence-corrected chi connectivity index (χ2v) is 7.46. The molecule has 0 aliphatic heterocycles. The second kappa shape index (κ2) is 15.9. The van der Waals surface area contributed by atoms with Gasteiger partial charge in [0.05, 0.1) is 19.6 Å². The molecule has 2 aromatic rings. The SMILES string of the molecule is C#CC(N)/C=C\C(=C/C)OC.C=N/C=N\N(C)c1cc(NC(=O)Cc2ccc(F)cc2Br)ncn1. The number of aliphatic imine (C=N–C) groups is 1. The van der Waals surface area contributed by atoms with Crippen LogP contribution >= 0.6 is 15.9 Å². The summed E-state index contributed by atoms with van der Waals surface area (Å²) in [5.74, 6) is 3.28. The first kappa shape index (κ1) is 29.2. The molecule has 0 saturated heterocycles. The molecule has 0 fully saturated rings. The molecule has 3 N–H and O–H groups in total. The van der Waals surface area contributed by atoms with Gasteiger partial charge in [-0.1, -0.05) is 34.0 Å². The van der Waals surface area contributed by atoms with Gasteiger partial charge in [-0.25, -0.2) is 19.4 Å². The summed E-state index contributed by atoms with van der Waals surface area (Å²) in [6.07, 6.45) is 13.0. The minimum atomic E-state index is -0.371. The lowest BCUT2D eigenvalue weighted by atomic mass is 10.1. The average molecular weight is 544 g/mol. The maximum absolute atomic E-state index is 13.1. The van der Waals surface area contributed by atoms with E-state index in [4.69, 9.17) is 16.9 Å². The van der Waals surface area contributed by atoms with E-state index in [1.54, 1.807) is 38.4 Å². The Morgan fingerprint density at radius 3 is 2.80 bits per heavy atom. The maximum atomic E-state index is 13.1. The zero-order valence-electron chi connectivity index (χ0n) is 19.7. The maximum Gasteiger partial charge on any atom is 0.229 e. The van der Waals surface area contributed by atoms with E-state index in [1.165, 1.54) is 29.8 Å². The van der Waals surface area contributed by atoms with Gasteiger partial charge in [0.25, 0.3) is 0 Å². The fourth-order valence-corrected chi connectivity index (χ4v) is 2.82. The lowest BCUT2D eigenvalue weighted by molar-refractivity contribution is -0.115. The van der Waals surface area contributed by atoms with Gasteiger partial charge in [-0.15, -0.1) is 6.42 Å². The number of aromatic nitrogens is 2. The van der Waals surface area contributed by atoms with Crippen LogP contribution in [0.3, 0.4) is 0 Å². The van der Waals surface area contributed by atoms with Crippen LogP contribution < -0.4 is 16.1 Å². The van der Waals surface area contributed by atoms with Gasteiger partial charge in [0.15, 0.2) is 5.82 Å². The molecule has 1 aromatic heterocycles. The van der Waals surface area contributed by atoms with Crippen molar-refractivity contribution in [3.63, 3.8) is 0 Å². The van der Waals surface area contributed by atoms with Crippen LogP contribution in [-0.2, 0) is 16.0 Å². The molecule has 0 aliphatic rings. The van der Waals surface area contributed by atoms with Crippen molar-refractivity contribution in [3.8, 4) is 12.3 Å². The number of nitrogens with zero attached hydrogens (tertiary/aromatic N) is 5. The van der Waals surface area contributed by atoms with Gasteiger partial charge in [0.2, 0.25) is 5.91 Å². The summed E-state index contributed by atoms with van der Waals surface area (Å²) < 4.78 is 18.5. The molecule has 9 nitrogen and oxygen atoms in total. The molecule has 11 heteroatoms. The normalized spacial score (nSPS) is 11.9. The first-order valence-electron chi connectivity index (χ1n) is 10.1. The molecule has 1 aromatic carbocycles. The van der Waals surface area contributed by atoms with Gasteiger partial charge < -0.3 is 15.8 Å². The molecule has 0 radical (unpaired) electrons. The van der Waals surface area contributed by atoms with E-state index >= 15 is 0 Å². The highest BCUT2D eigenvalue weighted by molar-refractivity contribution is 9.10. The van der Waals surface area contributed by atoms with Crippen LogP contribution in [-0.4, -0.2) is 49.1 Å². The first-order chi connectivity index (χ1) is 16.7. The highest BCUT2D eigenvalue weighted by Gasteiger charge is 2.10. The number of hydrazone groups is 1.